The molecule has 1 fully saturated rings. The number of fused-ring (bicyclic) bond motifs is 1. The van der Waals surface area contributed by atoms with E-state index in [-0.39, 0.29) is 17.7 Å². The van der Waals surface area contributed by atoms with Gasteiger partial charge in [-0.05, 0) is 66.1 Å². The first-order valence-electron chi connectivity index (χ1n) is 12.0. The number of tetrazole rings is 1. The Morgan fingerprint density at radius 3 is 2.94 bits per heavy atom. The lowest BCUT2D eigenvalue weighted by molar-refractivity contribution is 0.0882. The van der Waals surface area contributed by atoms with Crippen LogP contribution in [0.15, 0.2) is 51.9 Å². The van der Waals surface area contributed by atoms with E-state index in [1.165, 1.54) is 0 Å². The highest BCUT2D eigenvalue weighted by atomic mass is 16.5. The molecule has 35 heavy (non-hydrogen) atoms. The molecule has 3 aromatic heterocycles. The summed E-state index contributed by atoms with van der Waals surface area (Å²) in [4.78, 5) is 18.2. The first-order valence-corrected chi connectivity index (χ1v) is 12.0. The predicted octanol–water partition coefficient (Wildman–Crippen LogP) is 3.45. The van der Waals surface area contributed by atoms with Gasteiger partial charge < -0.3 is 18.9 Å². The lowest BCUT2D eigenvalue weighted by Gasteiger charge is -2.29. The Morgan fingerprint density at radius 1 is 1.29 bits per heavy atom. The summed E-state index contributed by atoms with van der Waals surface area (Å²) in [5.74, 6) is 2.30. The second-order valence-electron chi connectivity index (χ2n) is 8.84. The summed E-state index contributed by atoms with van der Waals surface area (Å²) < 4.78 is 18.7. The number of rotatable bonds is 10. The number of aromatic nitrogens is 5. The SMILES string of the molecule is CC[C@@H](c1nnnn1C[C@@H]1CCCO1)N(Cc1ccco1)Cc1cc2cc(OC)ccc2[nH]c1=O. The van der Waals surface area contributed by atoms with E-state index >= 15 is 0 Å². The number of pyridine rings is 1. The molecule has 0 bridgehead atoms. The van der Waals surface area contributed by atoms with Gasteiger partial charge in [0.25, 0.3) is 5.56 Å². The largest absolute Gasteiger partial charge is 0.497 e. The van der Waals surface area contributed by atoms with Gasteiger partial charge in [-0.15, -0.1) is 5.10 Å². The average Bonchev–Trinajstić information content (AvgIpc) is 3.65. The van der Waals surface area contributed by atoms with Crippen molar-refractivity contribution in [3.8, 4) is 5.75 Å². The summed E-state index contributed by atoms with van der Waals surface area (Å²) in [6.45, 7) is 4.39. The van der Waals surface area contributed by atoms with E-state index in [9.17, 15) is 4.79 Å². The summed E-state index contributed by atoms with van der Waals surface area (Å²) in [7, 11) is 1.63. The maximum absolute atomic E-state index is 13.0. The molecule has 10 nitrogen and oxygen atoms in total. The second kappa shape index (κ2) is 10.4. The van der Waals surface area contributed by atoms with Crippen LogP contribution in [0.2, 0.25) is 0 Å². The number of hydrogen-bond donors (Lipinski definition) is 1. The van der Waals surface area contributed by atoms with Crippen molar-refractivity contribution in [2.75, 3.05) is 13.7 Å². The highest BCUT2D eigenvalue weighted by Crippen LogP contribution is 2.28. The molecule has 0 aliphatic carbocycles. The zero-order valence-corrected chi connectivity index (χ0v) is 20.0. The standard InChI is InChI=1S/C25H30N6O4/c1-3-23(24-27-28-29-31(24)16-21-7-5-11-35-21)30(15-20-6-4-10-34-20)14-18-12-17-13-19(33-2)8-9-22(17)26-25(18)32/h4,6,8-10,12-13,21,23H,3,5,7,11,14-16H2,1-2H3,(H,26,32)/t21-,23-/m0/s1. The van der Waals surface area contributed by atoms with E-state index in [1.807, 2.05) is 41.1 Å². The van der Waals surface area contributed by atoms with Crippen LogP contribution in [0, 0.1) is 0 Å². The van der Waals surface area contributed by atoms with Gasteiger partial charge in [-0.2, -0.15) is 0 Å². The maximum atomic E-state index is 13.0. The molecular weight excluding hydrogens is 448 g/mol. The number of aromatic amines is 1. The molecule has 5 rings (SSSR count). The second-order valence-corrected chi connectivity index (χ2v) is 8.84. The average molecular weight is 479 g/mol. The summed E-state index contributed by atoms with van der Waals surface area (Å²) in [5.41, 5.74) is 1.29. The molecule has 0 amide bonds. The van der Waals surface area contributed by atoms with Crippen LogP contribution in [0.25, 0.3) is 10.9 Å². The zero-order chi connectivity index (χ0) is 24.2. The molecule has 1 aliphatic heterocycles. The van der Waals surface area contributed by atoms with Crippen molar-refractivity contribution in [1.82, 2.24) is 30.1 Å². The topological polar surface area (TPSA) is 111 Å². The Kier molecular flexibility index (Phi) is 6.91. The van der Waals surface area contributed by atoms with Crippen molar-refractivity contribution in [2.45, 2.75) is 58.0 Å². The van der Waals surface area contributed by atoms with E-state index in [4.69, 9.17) is 13.9 Å². The number of methoxy groups -OCH3 is 1. The van der Waals surface area contributed by atoms with Crippen LogP contribution in [-0.4, -0.2) is 49.9 Å². The smallest absolute Gasteiger partial charge is 0.252 e. The molecule has 2 atom stereocenters. The fourth-order valence-electron chi connectivity index (χ4n) is 4.74. The highest BCUT2D eigenvalue weighted by molar-refractivity contribution is 5.80. The van der Waals surface area contributed by atoms with Gasteiger partial charge in [0.05, 0.1) is 38.6 Å². The minimum absolute atomic E-state index is 0.117. The number of ether oxygens (including phenoxy) is 2. The number of hydrogen-bond acceptors (Lipinski definition) is 8. The molecule has 1 aromatic carbocycles. The van der Waals surface area contributed by atoms with Gasteiger partial charge in [0.1, 0.15) is 11.5 Å². The van der Waals surface area contributed by atoms with Gasteiger partial charge in [0.2, 0.25) is 0 Å². The molecule has 0 radical (unpaired) electrons. The van der Waals surface area contributed by atoms with Crippen LogP contribution in [-0.2, 0) is 24.4 Å². The summed E-state index contributed by atoms with van der Waals surface area (Å²) in [6.07, 6.45) is 4.59. The van der Waals surface area contributed by atoms with E-state index in [0.717, 1.165) is 54.1 Å². The zero-order valence-electron chi connectivity index (χ0n) is 20.0. The predicted molar refractivity (Wildman–Crippen MR) is 129 cm³/mol. The molecule has 1 aliphatic rings. The molecule has 0 unspecified atom stereocenters. The van der Waals surface area contributed by atoms with Gasteiger partial charge in [-0.1, -0.05) is 6.92 Å². The minimum Gasteiger partial charge on any atom is -0.497 e. The van der Waals surface area contributed by atoms with Gasteiger partial charge in [0.15, 0.2) is 5.82 Å². The van der Waals surface area contributed by atoms with Gasteiger partial charge in [-0.25, -0.2) is 4.68 Å². The lowest BCUT2D eigenvalue weighted by atomic mass is 10.1. The first-order chi connectivity index (χ1) is 17.1. The van der Waals surface area contributed by atoms with Crippen molar-refractivity contribution in [3.63, 3.8) is 0 Å². The summed E-state index contributed by atoms with van der Waals surface area (Å²) in [5, 5.41) is 13.5. The Hall–Kier alpha value is -3.50. The molecule has 1 saturated heterocycles. The molecular formula is C25H30N6O4. The van der Waals surface area contributed by atoms with Gasteiger partial charge in [0, 0.05) is 29.6 Å². The van der Waals surface area contributed by atoms with Crippen LogP contribution in [0.4, 0.5) is 0 Å². The quantitative estimate of drug-likeness (QED) is 0.369. The Labute approximate surface area is 202 Å². The Bertz CT molecular complexity index is 1310. The van der Waals surface area contributed by atoms with Gasteiger partial charge >= 0.3 is 0 Å². The molecule has 184 valence electrons. The molecule has 1 N–H and O–H groups in total. The Balaban J connectivity index is 1.48. The summed E-state index contributed by atoms with van der Waals surface area (Å²) >= 11 is 0. The molecule has 0 saturated carbocycles. The summed E-state index contributed by atoms with van der Waals surface area (Å²) in [6, 6.07) is 11.2. The van der Waals surface area contributed by atoms with E-state index in [0.29, 0.717) is 25.2 Å². The third-order valence-corrected chi connectivity index (χ3v) is 6.53. The molecule has 4 heterocycles. The minimum atomic E-state index is -0.128. The van der Waals surface area contributed by atoms with Crippen LogP contribution >= 0.6 is 0 Å². The van der Waals surface area contributed by atoms with Crippen molar-refractivity contribution >= 4 is 10.9 Å². The first kappa shape index (κ1) is 23.3. The van der Waals surface area contributed by atoms with Crippen molar-refractivity contribution < 1.29 is 13.9 Å². The van der Waals surface area contributed by atoms with E-state index < -0.39 is 0 Å². The number of furan rings is 1. The number of benzene rings is 1. The number of nitrogens with zero attached hydrogens (tertiary/aromatic N) is 5. The van der Waals surface area contributed by atoms with Crippen LogP contribution in [0.3, 0.4) is 0 Å². The lowest BCUT2D eigenvalue weighted by Crippen LogP contribution is -2.33. The fourth-order valence-corrected chi connectivity index (χ4v) is 4.74. The van der Waals surface area contributed by atoms with Crippen LogP contribution in [0.1, 0.15) is 49.4 Å². The maximum Gasteiger partial charge on any atom is 0.252 e. The number of H-pyrrole nitrogens is 1. The third-order valence-electron chi connectivity index (χ3n) is 6.53. The third kappa shape index (κ3) is 5.13. The Morgan fingerprint density at radius 2 is 2.20 bits per heavy atom. The normalized spacial score (nSPS) is 16.8. The monoisotopic (exact) mass is 478 g/mol. The van der Waals surface area contributed by atoms with Crippen molar-refractivity contribution in [3.05, 3.63) is 70.2 Å². The molecule has 4 aromatic rings. The van der Waals surface area contributed by atoms with Crippen molar-refractivity contribution in [2.24, 2.45) is 0 Å². The van der Waals surface area contributed by atoms with E-state index in [1.54, 1.807) is 13.4 Å². The van der Waals surface area contributed by atoms with Crippen LogP contribution in [0.5, 0.6) is 5.75 Å². The molecule has 10 heteroatoms. The molecule has 0 spiro atoms. The highest BCUT2D eigenvalue weighted by Gasteiger charge is 2.28. The van der Waals surface area contributed by atoms with Crippen molar-refractivity contribution in [1.29, 1.82) is 0 Å². The fraction of sp³-hybridized carbons (Fsp3) is 0.440. The van der Waals surface area contributed by atoms with Gasteiger partial charge in [-0.3, -0.25) is 9.69 Å². The van der Waals surface area contributed by atoms with E-state index in [2.05, 4.69) is 32.3 Å². The number of nitrogens with one attached hydrogen (secondary N) is 1. The van der Waals surface area contributed by atoms with Crippen LogP contribution < -0.4 is 10.3 Å².